The van der Waals surface area contributed by atoms with Gasteiger partial charge >= 0.3 is 5.97 Å². The molecule has 0 N–H and O–H groups in total. The lowest BCUT2D eigenvalue weighted by Crippen LogP contribution is -2.29. The van der Waals surface area contributed by atoms with Gasteiger partial charge in [0.2, 0.25) is 0 Å². The van der Waals surface area contributed by atoms with Crippen LogP contribution in [0.3, 0.4) is 0 Å². The van der Waals surface area contributed by atoms with Gasteiger partial charge in [-0.05, 0) is 24.3 Å². The lowest BCUT2D eigenvalue weighted by molar-refractivity contribution is -0.134. The highest BCUT2D eigenvalue weighted by molar-refractivity contribution is 6.28. The molecule has 0 atom stereocenters. The van der Waals surface area contributed by atoms with Gasteiger partial charge in [0.15, 0.2) is 0 Å². The van der Waals surface area contributed by atoms with Crippen LogP contribution in [0.4, 0.5) is 5.69 Å². The molecule has 1 heterocycles. The highest BCUT2D eigenvalue weighted by Gasteiger charge is 2.24. The van der Waals surface area contributed by atoms with Gasteiger partial charge in [-0.15, -0.1) is 0 Å². The SMILES string of the molecule is CCC(=O)Oc1ccc(N2C(=O)C=CC2=O)cc1. The molecule has 0 spiro atoms. The number of amides is 2. The minimum absolute atomic E-state index is 0.286. The zero-order valence-corrected chi connectivity index (χ0v) is 9.75. The lowest BCUT2D eigenvalue weighted by Gasteiger charge is -2.13. The number of hydrogen-bond donors (Lipinski definition) is 0. The summed E-state index contributed by atoms with van der Waals surface area (Å²) in [4.78, 5) is 35.0. The first kappa shape index (κ1) is 12.0. The van der Waals surface area contributed by atoms with Crippen LogP contribution in [0.2, 0.25) is 0 Å². The van der Waals surface area contributed by atoms with E-state index in [1.807, 2.05) is 0 Å². The third kappa shape index (κ3) is 2.29. The molecule has 0 aromatic heterocycles. The maximum atomic E-state index is 11.4. The average Bonchev–Trinajstić information content (AvgIpc) is 2.70. The summed E-state index contributed by atoms with van der Waals surface area (Å²) in [5.74, 6) is -0.702. The van der Waals surface area contributed by atoms with Crippen LogP contribution < -0.4 is 9.64 Å². The van der Waals surface area contributed by atoms with Crippen molar-refractivity contribution in [3.63, 3.8) is 0 Å². The summed E-state index contributed by atoms with van der Waals surface area (Å²) >= 11 is 0. The van der Waals surface area contributed by atoms with E-state index in [1.54, 1.807) is 31.2 Å². The number of ether oxygens (including phenoxy) is 1. The summed E-state index contributed by atoms with van der Waals surface area (Å²) in [6.07, 6.45) is 2.72. The van der Waals surface area contributed by atoms with Gasteiger partial charge in [0, 0.05) is 18.6 Å². The number of rotatable bonds is 3. The van der Waals surface area contributed by atoms with Crippen LogP contribution in [-0.4, -0.2) is 17.8 Å². The van der Waals surface area contributed by atoms with E-state index in [9.17, 15) is 14.4 Å². The van der Waals surface area contributed by atoms with Crippen LogP contribution >= 0.6 is 0 Å². The van der Waals surface area contributed by atoms with Gasteiger partial charge in [-0.1, -0.05) is 6.92 Å². The molecular formula is C13H11NO4. The fourth-order valence-electron chi connectivity index (χ4n) is 1.52. The summed E-state index contributed by atoms with van der Waals surface area (Å²) in [5.41, 5.74) is 0.450. The van der Waals surface area contributed by atoms with Crippen LogP contribution in [0.15, 0.2) is 36.4 Å². The summed E-state index contributed by atoms with van der Waals surface area (Å²) in [6.45, 7) is 1.70. The topological polar surface area (TPSA) is 63.7 Å². The van der Waals surface area contributed by atoms with Crippen molar-refractivity contribution in [2.45, 2.75) is 13.3 Å². The molecule has 0 bridgehead atoms. The molecule has 2 amide bonds. The summed E-state index contributed by atoms with van der Waals surface area (Å²) < 4.78 is 4.99. The van der Waals surface area contributed by atoms with Gasteiger partial charge in [-0.3, -0.25) is 14.4 Å². The first-order valence-corrected chi connectivity index (χ1v) is 5.48. The first-order chi connectivity index (χ1) is 8.61. The van der Waals surface area contributed by atoms with E-state index in [0.717, 1.165) is 4.90 Å². The molecule has 0 unspecified atom stereocenters. The second kappa shape index (κ2) is 4.83. The van der Waals surface area contributed by atoms with Gasteiger partial charge in [0.1, 0.15) is 5.75 Å². The van der Waals surface area contributed by atoms with Gasteiger partial charge in [0.05, 0.1) is 5.69 Å². The number of carbonyl (C=O) groups excluding carboxylic acids is 3. The number of imide groups is 1. The molecular weight excluding hydrogens is 234 g/mol. The van der Waals surface area contributed by atoms with Crippen molar-refractivity contribution in [2.75, 3.05) is 4.90 Å². The number of anilines is 1. The molecule has 2 rings (SSSR count). The number of esters is 1. The fourth-order valence-corrected chi connectivity index (χ4v) is 1.52. The standard InChI is InChI=1S/C13H11NO4/c1-2-13(17)18-10-5-3-9(4-6-10)14-11(15)7-8-12(14)16/h3-8H,2H2,1H3. The van der Waals surface area contributed by atoms with E-state index in [4.69, 9.17) is 4.74 Å². The number of hydrogen-bond acceptors (Lipinski definition) is 4. The molecule has 5 nitrogen and oxygen atoms in total. The molecule has 18 heavy (non-hydrogen) atoms. The lowest BCUT2D eigenvalue weighted by atomic mass is 10.2. The largest absolute Gasteiger partial charge is 0.427 e. The zero-order valence-electron chi connectivity index (χ0n) is 9.75. The highest BCUT2D eigenvalue weighted by atomic mass is 16.5. The minimum Gasteiger partial charge on any atom is -0.427 e. The third-order valence-corrected chi connectivity index (χ3v) is 2.42. The van der Waals surface area contributed by atoms with Crippen molar-refractivity contribution in [3.8, 4) is 5.75 Å². The maximum absolute atomic E-state index is 11.4. The van der Waals surface area contributed by atoms with E-state index in [0.29, 0.717) is 11.4 Å². The molecule has 92 valence electrons. The molecule has 1 aromatic carbocycles. The van der Waals surface area contributed by atoms with Crippen LogP contribution in [0.1, 0.15) is 13.3 Å². The van der Waals surface area contributed by atoms with Crippen molar-refractivity contribution in [3.05, 3.63) is 36.4 Å². The molecule has 5 heteroatoms. The third-order valence-electron chi connectivity index (χ3n) is 2.42. The fraction of sp³-hybridized carbons (Fsp3) is 0.154. The van der Waals surface area contributed by atoms with E-state index in [1.165, 1.54) is 12.2 Å². The smallest absolute Gasteiger partial charge is 0.310 e. The van der Waals surface area contributed by atoms with Crippen molar-refractivity contribution >= 4 is 23.5 Å². The highest BCUT2D eigenvalue weighted by Crippen LogP contribution is 2.22. The van der Waals surface area contributed by atoms with Crippen molar-refractivity contribution < 1.29 is 19.1 Å². The Labute approximate surface area is 104 Å². The second-order valence-corrected chi connectivity index (χ2v) is 3.67. The molecule has 1 aliphatic heterocycles. The second-order valence-electron chi connectivity index (χ2n) is 3.67. The number of benzene rings is 1. The Bertz CT molecular complexity index is 512. The normalized spacial score (nSPS) is 14.2. The monoisotopic (exact) mass is 245 g/mol. The number of carbonyl (C=O) groups is 3. The van der Waals surface area contributed by atoms with E-state index < -0.39 is 0 Å². The zero-order chi connectivity index (χ0) is 13.1. The van der Waals surface area contributed by atoms with Crippen LogP contribution in [0.25, 0.3) is 0 Å². The molecule has 1 aliphatic rings. The van der Waals surface area contributed by atoms with E-state index in [2.05, 4.69) is 0 Å². The van der Waals surface area contributed by atoms with E-state index >= 15 is 0 Å². The Morgan fingerprint density at radius 3 is 2.17 bits per heavy atom. The first-order valence-electron chi connectivity index (χ1n) is 5.48. The summed E-state index contributed by atoms with van der Waals surface area (Å²) in [5, 5.41) is 0. The Hall–Kier alpha value is -2.43. The van der Waals surface area contributed by atoms with Gasteiger partial charge in [-0.2, -0.15) is 0 Å². The van der Waals surface area contributed by atoms with Gasteiger partial charge in [0.25, 0.3) is 11.8 Å². The van der Waals surface area contributed by atoms with Gasteiger partial charge in [-0.25, -0.2) is 4.90 Å². The Morgan fingerprint density at radius 2 is 1.67 bits per heavy atom. The van der Waals surface area contributed by atoms with Crippen LogP contribution in [0.5, 0.6) is 5.75 Å². The molecule has 0 saturated heterocycles. The average molecular weight is 245 g/mol. The Kier molecular flexibility index (Phi) is 3.23. The minimum atomic E-state index is -0.377. The Morgan fingerprint density at radius 1 is 1.11 bits per heavy atom. The van der Waals surface area contributed by atoms with E-state index in [-0.39, 0.29) is 24.2 Å². The molecule has 0 saturated carbocycles. The maximum Gasteiger partial charge on any atom is 0.310 e. The predicted molar refractivity (Wildman–Crippen MR) is 64.0 cm³/mol. The summed E-state index contributed by atoms with van der Waals surface area (Å²) in [6, 6.07) is 6.20. The van der Waals surface area contributed by atoms with Crippen molar-refractivity contribution in [1.29, 1.82) is 0 Å². The van der Waals surface area contributed by atoms with Crippen LogP contribution in [0, 0.1) is 0 Å². The van der Waals surface area contributed by atoms with Gasteiger partial charge < -0.3 is 4.74 Å². The van der Waals surface area contributed by atoms with Crippen LogP contribution in [-0.2, 0) is 14.4 Å². The summed E-state index contributed by atoms with van der Waals surface area (Å²) in [7, 11) is 0. The quantitative estimate of drug-likeness (QED) is 0.459. The molecule has 0 fully saturated rings. The number of nitrogens with zero attached hydrogens (tertiary/aromatic N) is 1. The predicted octanol–water partition coefficient (Wildman–Crippen LogP) is 1.43. The van der Waals surface area contributed by atoms with Crippen molar-refractivity contribution in [2.24, 2.45) is 0 Å². The molecule has 0 aliphatic carbocycles. The molecule has 1 aromatic rings. The molecule has 0 radical (unpaired) electrons. The Balaban J connectivity index is 2.15. The van der Waals surface area contributed by atoms with Crippen molar-refractivity contribution in [1.82, 2.24) is 0 Å².